The molecule has 0 saturated carbocycles. The fraction of sp³-hybridized carbons (Fsp3) is 0.267. The fourth-order valence-electron chi connectivity index (χ4n) is 2.63. The van der Waals surface area contributed by atoms with Gasteiger partial charge >= 0.3 is 5.97 Å². The van der Waals surface area contributed by atoms with Crippen LogP contribution in [0.3, 0.4) is 0 Å². The van der Waals surface area contributed by atoms with Gasteiger partial charge in [-0.2, -0.15) is 5.10 Å². The Morgan fingerprint density at radius 3 is 2.91 bits per heavy atom. The Balaban J connectivity index is 1.86. The zero-order chi connectivity index (χ0) is 15.7. The van der Waals surface area contributed by atoms with Gasteiger partial charge in [0.1, 0.15) is 0 Å². The predicted molar refractivity (Wildman–Crippen MR) is 80.7 cm³/mol. The van der Waals surface area contributed by atoms with E-state index in [0.29, 0.717) is 29.2 Å². The molecule has 114 valence electrons. The van der Waals surface area contributed by atoms with Gasteiger partial charge in [0.2, 0.25) is 0 Å². The van der Waals surface area contributed by atoms with E-state index in [-0.39, 0.29) is 12.5 Å². The lowest BCUT2D eigenvalue weighted by Gasteiger charge is -2.15. The topological polar surface area (TPSA) is 86.3 Å². The minimum atomic E-state index is -0.863. The Morgan fingerprint density at radius 2 is 2.23 bits per heavy atom. The number of nitrogens with zero attached hydrogens (tertiary/aromatic N) is 2. The van der Waals surface area contributed by atoms with Crippen molar-refractivity contribution in [3.8, 4) is 11.3 Å². The van der Waals surface area contributed by atoms with E-state index in [1.54, 1.807) is 23.1 Å². The molecular formula is C15H14ClN3O3. The number of hydrogen-bond acceptors (Lipinski definition) is 3. The fourth-order valence-corrected chi connectivity index (χ4v) is 2.82. The number of nitrogens with one attached hydrogen (secondary N) is 1. The van der Waals surface area contributed by atoms with Crippen LogP contribution in [0.25, 0.3) is 11.3 Å². The Kier molecular flexibility index (Phi) is 3.85. The Bertz CT molecular complexity index is 728. The second-order valence-corrected chi connectivity index (χ2v) is 5.68. The summed E-state index contributed by atoms with van der Waals surface area (Å²) in [6.07, 6.45) is 1.94. The van der Waals surface area contributed by atoms with Crippen LogP contribution >= 0.6 is 11.6 Å². The smallest absolute Gasteiger partial charge is 0.308 e. The van der Waals surface area contributed by atoms with Crippen LogP contribution in [0.1, 0.15) is 16.8 Å². The number of aliphatic carboxylic acids is 1. The molecule has 0 unspecified atom stereocenters. The first-order valence-corrected chi connectivity index (χ1v) is 7.25. The molecule has 0 radical (unpaired) electrons. The van der Waals surface area contributed by atoms with Crippen LogP contribution in [0.4, 0.5) is 0 Å². The van der Waals surface area contributed by atoms with Crippen molar-refractivity contribution in [3.05, 3.63) is 41.0 Å². The number of benzene rings is 1. The maximum atomic E-state index is 12.6. The van der Waals surface area contributed by atoms with Crippen LogP contribution < -0.4 is 0 Å². The van der Waals surface area contributed by atoms with Gasteiger partial charge in [0.15, 0.2) is 0 Å². The van der Waals surface area contributed by atoms with Crippen molar-refractivity contribution in [1.29, 1.82) is 0 Å². The number of H-pyrrole nitrogens is 1. The molecular weight excluding hydrogens is 306 g/mol. The van der Waals surface area contributed by atoms with E-state index in [0.717, 1.165) is 5.56 Å². The van der Waals surface area contributed by atoms with Gasteiger partial charge in [-0.05, 0) is 18.6 Å². The van der Waals surface area contributed by atoms with Gasteiger partial charge in [-0.25, -0.2) is 0 Å². The van der Waals surface area contributed by atoms with E-state index in [2.05, 4.69) is 10.2 Å². The number of carbonyl (C=O) groups is 2. The molecule has 7 heteroatoms. The highest BCUT2D eigenvalue weighted by Crippen LogP contribution is 2.26. The Hall–Kier alpha value is -2.34. The van der Waals surface area contributed by atoms with Crippen molar-refractivity contribution in [2.24, 2.45) is 5.92 Å². The van der Waals surface area contributed by atoms with Crippen LogP contribution in [0.2, 0.25) is 5.02 Å². The molecule has 1 atom stereocenters. The largest absolute Gasteiger partial charge is 0.481 e. The number of carbonyl (C=O) groups excluding carboxylic acids is 1. The molecule has 0 bridgehead atoms. The molecule has 2 N–H and O–H groups in total. The minimum Gasteiger partial charge on any atom is -0.481 e. The third kappa shape index (κ3) is 2.69. The quantitative estimate of drug-likeness (QED) is 0.908. The highest BCUT2D eigenvalue weighted by atomic mass is 35.5. The molecule has 1 aliphatic rings. The minimum absolute atomic E-state index is 0.215. The maximum Gasteiger partial charge on any atom is 0.308 e. The lowest BCUT2D eigenvalue weighted by atomic mass is 10.1. The molecule has 1 saturated heterocycles. The molecule has 1 aliphatic heterocycles. The second-order valence-electron chi connectivity index (χ2n) is 5.24. The van der Waals surface area contributed by atoms with E-state index >= 15 is 0 Å². The lowest BCUT2D eigenvalue weighted by Crippen LogP contribution is -2.30. The molecule has 2 aromatic rings. The van der Waals surface area contributed by atoms with E-state index < -0.39 is 11.9 Å². The number of halogens is 1. The van der Waals surface area contributed by atoms with Gasteiger partial charge in [0.05, 0.1) is 23.4 Å². The molecule has 6 nitrogen and oxygen atoms in total. The average Bonchev–Trinajstić information content (AvgIpc) is 3.16. The molecule has 3 rings (SSSR count). The summed E-state index contributed by atoms with van der Waals surface area (Å²) < 4.78 is 0. The molecule has 0 aliphatic carbocycles. The summed E-state index contributed by atoms with van der Waals surface area (Å²) in [5.74, 6) is -1.57. The number of likely N-dealkylation sites (tertiary alicyclic amines) is 1. The summed E-state index contributed by atoms with van der Waals surface area (Å²) in [5.41, 5.74) is 1.78. The third-order valence-electron chi connectivity index (χ3n) is 3.81. The zero-order valence-electron chi connectivity index (χ0n) is 11.6. The molecule has 1 aromatic heterocycles. The monoisotopic (exact) mass is 319 g/mol. The van der Waals surface area contributed by atoms with Crippen molar-refractivity contribution >= 4 is 23.5 Å². The second kappa shape index (κ2) is 5.81. The molecule has 1 fully saturated rings. The zero-order valence-corrected chi connectivity index (χ0v) is 12.4. The predicted octanol–water partition coefficient (Wildman–Crippen LogP) is 2.28. The average molecular weight is 320 g/mol. The van der Waals surface area contributed by atoms with Gasteiger partial charge in [0, 0.05) is 23.7 Å². The van der Waals surface area contributed by atoms with Crippen molar-refractivity contribution in [2.75, 3.05) is 13.1 Å². The van der Waals surface area contributed by atoms with Gasteiger partial charge in [-0.15, -0.1) is 0 Å². The van der Waals surface area contributed by atoms with Crippen LogP contribution in [-0.2, 0) is 4.79 Å². The number of carboxylic acid groups (broad SMARTS) is 1. The summed E-state index contributed by atoms with van der Waals surface area (Å²) >= 11 is 5.98. The number of aromatic nitrogens is 2. The third-order valence-corrected chi connectivity index (χ3v) is 4.04. The van der Waals surface area contributed by atoms with Crippen molar-refractivity contribution in [3.63, 3.8) is 0 Å². The first-order chi connectivity index (χ1) is 10.6. The van der Waals surface area contributed by atoms with Crippen molar-refractivity contribution < 1.29 is 14.7 Å². The first-order valence-electron chi connectivity index (χ1n) is 6.87. The summed E-state index contributed by atoms with van der Waals surface area (Å²) in [4.78, 5) is 25.2. The number of amides is 1. The molecule has 22 heavy (non-hydrogen) atoms. The Morgan fingerprint density at radius 1 is 1.41 bits per heavy atom. The van der Waals surface area contributed by atoms with Crippen molar-refractivity contribution in [1.82, 2.24) is 15.1 Å². The molecule has 1 amide bonds. The van der Waals surface area contributed by atoms with Crippen LogP contribution in [0.5, 0.6) is 0 Å². The summed E-state index contributed by atoms with van der Waals surface area (Å²) in [6.45, 7) is 0.671. The van der Waals surface area contributed by atoms with Gasteiger partial charge in [-0.1, -0.05) is 23.7 Å². The van der Waals surface area contributed by atoms with E-state index in [1.165, 1.54) is 6.20 Å². The standard InChI is InChI=1S/C15H14ClN3O3/c16-11-3-1-2-9(6-11)13-12(7-17-18-13)14(20)19-5-4-10(8-19)15(21)22/h1-3,6-7,10H,4-5,8H2,(H,17,18)(H,21,22)/t10-/m1/s1. The summed E-state index contributed by atoms with van der Waals surface area (Å²) in [7, 11) is 0. The maximum absolute atomic E-state index is 12.6. The summed E-state index contributed by atoms with van der Waals surface area (Å²) in [6, 6.07) is 7.13. The highest BCUT2D eigenvalue weighted by molar-refractivity contribution is 6.30. The Labute approximate surface area is 131 Å². The van der Waals surface area contributed by atoms with Crippen LogP contribution in [0, 0.1) is 5.92 Å². The summed E-state index contributed by atoms with van der Waals surface area (Å²) in [5, 5.41) is 16.4. The van der Waals surface area contributed by atoms with Gasteiger partial charge in [0.25, 0.3) is 5.91 Å². The number of hydrogen-bond donors (Lipinski definition) is 2. The molecule has 2 heterocycles. The first kappa shape index (κ1) is 14.6. The number of rotatable bonds is 3. The van der Waals surface area contributed by atoms with Gasteiger partial charge in [-0.3, -0.25) is 14.7 Å². The van der Waals surface area contributed by atoms with Crippen LogP contribution in [0.15, 0.2) is 30.5 Å². The normalized spacial score (nSPS) is 17.7. The van der Waals surface area contributed by atoms with Gasteiger partial charge < -0.3 is 10.0 Å². The van der Waals surface area contributed by atoms with E-state index in [1.807, 2.05) is 6.07 Å². The van der Waals surface area contributed by atoms with E-state index in [9.17, 15) is 9.59 Å². The van der Waals surface area contributed by atoms with E-state index in [4.69, 9.17) is 16.7 Å². The van der Waals surface area contributed by atoms with Crippen LogP contribution in [-0.4, -0.2) is 45.2 Å². The highest BCUT2D eigenvalue weighted by Gasteiger charge is 2.32. The lowest BCUT2D eigenvalue weighted by molar-refractivity contribution is -0.141. The van der Waals surface area contributed by atoms with Crippen molar-refractivity contribution in [2.45, 2.75) is 6.42 Å². The molecule has 1 aromatic carbocycles. The number of carboxylic acids is 1. The number of aromatic amines is 1. The molecule has 0 spiro atoms. The SMILES string of the molecule is O=C(O)[C@@H]1CCN(C(=O)c2cn[nH]c2-c2cccc(Cl)c2)C1.